The van der Waals surface area contributed by atoms with Crippen molar-refractivity contribution < 1.29 is 52.5 Å². The Morgan fingerprint density at radius 2 is 1.51 bits per heavy atom. The number of alkyl carbamates (subject to hydrolysis) is 1. The standard InChI is InChI=1S/C64H83N7O11/c1-11-18-45(38-53(73)50(13-3)69-61(76)57-40(5)67-59(68-41(57)6)43-23-26-47(27-24-43)81-46-19-15-14-16-20-46)62(77)71(10)58-44-25-29-56(79-32-12-2)49(37-44)48-35-42(22-28-55(48)80-33-31-66-63(78)82-64(7,8)9)36-51(52(72)21-17-30-65)70-60(75)39(4)34-54(58)74/h22-29,35,37,39,45-46,50-51,58H,11-21,31-34,36,38H2,1-10H3,(H,66,78)(H,69,76)(H,70,75)/t39-,45-,50+,51+,58+/m1/s1. The lowest BCUT2D eigenvalue weighted by molar-refractivity contribution is -0.144. The molecule has 1 saturated carbocycles. The lowest BCUT2D eigenvalue weighted by atomic mass is 9.87. The van der Waals surface area contributed by atoms with Crippen LogP contribution in [-0.2, 0) is 35.1 Å². The normalized spacial score (nSPS) is 17.4. The van der Waals surface area contributed by atoms with E-state index in [0.717, 1.165) is 24.2 Å². The maximum atomic E-state index is 15.1. The third kappa shape index (κ3) is 17.4. The van der Waals surface area contributed by atoms with Crippen LogP contribution in [-0.4, -0.2) is 107 Å². The molecule has 1 fully saturated rings. The van der Waals surface area contributed by atoms with E-state index >= 15 is 9.59 Å². The maximum Gasteiger partial charge on any atom is 0.407 e. The molecule has 18 heteroatoms. The SMILES string of the molecule is CCCOc1ccc2cc1-c1cc(ccc1OCCNC(=O)OC(C)(C)C)C[C@@H](C(=O)CCC#N)NC(=O)[C@H](C)CC(=O)[C@H]2N(C)C(=O)[C@H](CCC)CC(=O)[C@H](CC)NC(=O)c1c(C)nc(-c2ccc(OC3CCCCC3)cc2)nc1C. The minimum Gasteiger partial charge on any atom is -0.493 e. The number of nitrogens with one attached hydrogen (secondary N) is 3. The molecule has 0 saturated heterocycles. The van der Waals surface area contributed by atoms with E-state index in [1.165, 1.54) is 31.2 Å². The van der Waals surface area contributed by atoms with Crippen LogP contribution in [0.4, 0.5) is 4.79 Å². The summed E-state index contributed by atoms with van der Waals surface area (Å²) in [6.45, 7) is 16.4. The van der Waals surface area contributed by atoms with Crippen LogP contribution in [0.3, 0.4) is 0 Å². The highest BCUT2D eigenvalue weighted by Gasteiger charge is 2.37. The summed E-state index contributed by atoms with van der Waals surface area (Å²) in [5, 5.41) is 17.8. The number of benzene rings is 3. The Kier molecular flexibility index (Phi) is 23.1. The summed E-state index contributed by atoms with van der Waals surface area (Å²) in [4.78, 5) is 110. The van der Waals surface area contributed by atoms with Gasteiger partial charge in [0.1, 0.15) is 35.5 Å². The molecule has 4 bridgehead atoms. The number of hydrogen-bond donors (Lipinski definition) is 3. The van der Waals surface area contributed by atoms with E-state index < -0.39 is 65.2 Å². The van der Waals surface area contributed by atoms with Gasteiger partial charge >= 0.3 is 6.09 Å². The van der Waals surface area contributed by atoms with Crippen molar-refractivity contribution in [3.05, 3.63) is 88.7 Å². The highest BCUT2D eigenvalue weighted by atomic mass is 16.6. The maximum absolute atomic E-state index is 15.1. The third-order valence-corrected chi connectivity index (χ3v) is 14.8. The van der Waals surface area contributed by atoms with Gasteiger partial charge in [0, 0.05) is 61.3 Å². The van der Waals surface area contributed by atoms with Gasteiger partial charge in [-0.3, -0.25) is 28.8 Å². The molecule has 0 spiro atoms. The first-order valence-electron chi connectivity index (χ1n) is 29.1. The largest absolute Gasteiger partial charge is 0.493 e. The van der Waals surface area contributed by atoms with Crippen LogP contribution in [0.5, 0.6) is 17.2 Å². The molecule has 0 radical (unpaired) electrons. The average molecular weight is 1130 g/mol. The number of likely N-dealkylation sites (N-methyl/N-ethyl adjacent to an activating group) is 1. The molecule has 0 unspecified atom stereocenters. The van der Waals surface area contributed by atoms with Gasteiger partial charge < -0.3 is 39.8 Å². The molecule has 4 aromatic rings. The number of Topliss-reactive ketones (excluding diaryl/α,β-unsaturated/α-hetero) is 3. The van der Waals surface area contributed by atoms with Gasteiger partial charge in [-0.1, -0.05) is 52.7 Å². The second-order valence-electron chi connectivity index (χ2n) is 22.6. The number of nitriles is 1. The molecule has 1 aliphatic carbocycles. The van der Waals surface area contributed by atoms with Crippen molar-refractivity contribution in [2.75, 3.05) is 26.8 Å². The molecule has 3 N–H and O–H groups in total. The summed E-state index contributed by atoms with van der Waals surface area (Å²) >= 11 is 0. The Morgan fingerprint density at radius 3 is 2.15 bits per heavy atom. The smallest absolute Gasteiger partial charge is 0.407 e. The molecular formula is C64H83N7O11. The summed E-state index contributed by atoms with van der Waals surface area (Å²) in [7, 11) is 1.51. The molecule has 4 amide bonds. The topological polar surface area (TPSA) is 245 Å². The van der Waals surface area contributed by atoms with Gasteiger partial charge in [-0.25, -0.2) is 14.8 Å². The van der Waals surface area contributed by atoms with Crippen molar-refractivity contribution in [2.45, 2.75) is 182 Å². The number of fused-ring (bicyclic) bond motifs is 5. The predicted molar refractivity (Wildman–Crippen MR) is 311 cm³/mol. The summed E-state index contributed by atoms with van der Waals surface area (Å²) in [5.74, 6) is -2.58. The molecule has 18 nitrogen and oxygen atoms in total. The van der Waals surface area contributed by atoms with Gasteiger partial charge in [-0.05, 0) is 146 Å². The Labute approximate surface area is 483 Å². The van der Waals surface area contributed by atoms with Gasteiger partial charge in [-0.2, -0.15) is 5.26 Å². The summed E-state index contributed by atoms with van der Waals surface area (Å²) < 4.78 is 24.3. The minimum absolute atomic E-state index is 0.0191. The number of aromatic nitrogens is 2. The van der Waals surface area contributed by atoms with Crippen molar-refractivity contribution >= 4 is 41.2 Å². The quantitative estimate of drug-likeness (QED) is 0.0585. The number of hydrogen-bond acceptors (Lipinski definition) is 14. The number of carbonyl (C=O) groups excluding carboxylic acids is 7. The average Bonchev–Trinajstić information content (AvgIpc) is 3.14. The Morgan fingerprint density at radius 1 is 0.854 bits per heavy atom. The fourth-order valence-electron chi connectivity index (χ4n) is 10.5. The van der Waals surface area contributed by atoms with E-state index in [1.807, 2.05) is 50.2 Å². The second-order valence-corrected chi connectivity index (χ2v) is 22.6. The molecule has 82 heavy (non-hydrogen) atoms. The number of ether oxygens (including phenoxy) is 4. The van der Waals surface area contributed by atoms with E-state index in [0.29, 0.717) is 70.4 Å². The van der Waals surface area contributed by atoms with Crippen LogP contribution < -0.4 is 30.2 Å². The first kappa shape index (κ1) is 63.5. The lowest BCUT2D eigenvalue weighted by Crippen LogP contribution is -2.46. The van der Waals surface area contributed by atoms with E-state index in [4.69, 9.17) is 28.9 Å². The molecule has 1 aliphatic heterocycles. The second kappa shape index (κ2) is 29.9. The molecule has 2 heterocycles. The van der Waals surface area contributed by atoms with Crippen molar-refractivity contribution in [1.29, 1.82) is 5.26 Å². The monoisotopic (exact) mass is 1130 g/mol. The van der Waals surface area contributed by atoms with Crippen LogP contribution in [0.15, 0.2) is 60.7 Å². The van der Waals surface area contributed by atoms with Crippen LogP contribution in [0.2, 0.25) is 0 Å². The van der Waals surface area contributed by atoms with Crippen molar-refractivity contribution in [3.8, 4) is 45.8 Å². The molecule has 2 aliphatic rings. The lowest BCUT2D eigenvalue weighted by Gasteiger charge is -2.32. The van der Waals surface area contributed by atoms with Gasteiger partial charge in [0.2, 0.25) is 11.8 Å². The zero-order chi connectivity index (χ0) is 59.7. The van der Waals surface area contributed by atoms with Gasteiger partial charge in [0.25, 0.3) is 5.91 Å². The van der Waals surface area contributed by atoms with Crippen molar-refractivity contribution in [1.82, 2.24) is 30.8 Å². The predicted octanol–water partition coefficient (Wildman–Crippen LogP) is 10.4. The molecule has 440 valence electrons. The van der Waals surface area contributed by atoms with Crippen LogP contribution in [0, 0.1) is 37.0 Å². The van der Waals surface area contributed by atoms with Crippen LogP contribution in [0.25, 0.3) is 22.5 Å². The van der Waals surface area contributed by atoms with Crippen LogP contribution in [0.1, 0.15) is 171 Å². The van der Waals surface area contributed by atoms with E-state index in [1.54, 1.807) is 78.8 Å². The number of rotatable bonds is 23. The van der Waals surface area contributed by atoms with Crippen LogP contribution >= 0.6 is 0 Å². The Bertz CT molecular complexity index is 2940. The molecule has 3 aromatic carbocycles. The highest BCUT2D eigenvalue weighted by molar-refractivity contribution is 6.01. The summed E-state index contributed by atoms with van der Waals surface area (Å²) in [6, 6.07) is 16.9. The Balaban J connectivity index is 1.30. The zero-order valence-electron chi connectivity index (χ0n) is 49.5. The van der Waals surface area contributed by atoms with Gasteiger partial charge in [0.15, 0.2) is 23.2 Å². The van der Waals surface area contributed by atoms with E-state index in [-0.39, 0.29) is 81.3 Å². The van der Waals surface area contributed by atoms with Crippen molar-refractivity contribution in [3.63, 3.8) is 0 Å². The Hall–Kier alpha value is -7.68. The summed E-state index contributed by atoms with van der Waals surface area (Å²) in [6.07, 6.45) is 6.27. The fourth-order valence-corrected chi connectivity index (χ4v) is 10.5. The minimum atomic E-state index is -1.28. The first-order valence-corrected chi connectivity index (χ1v) is 29.1. The number of amides is 4. The van der Waals surface area contributed by atoms with Gasteiger partial charge in [-0.15, -0.1) is 0 Å². The van der Waals surface area contributed by atoms with E-state index in [9.17, 15) is 29.2 Å². The number of carbonyl (C=O) groups is 7. The molecular weight excluding hydrogens is 1040 g/mol. The van der Waals surface area contributed by atoms with E-state index in [2.05, 4.69) is 16.0 Å². The number of aryl methyl sites for hydroxylation is 2. The zero-order valence-corrected chi connectivity index (χ0v) is 49.5. The molecule has 5 atom stereocenters. The number of nitrogens with zero attached hydrogens (tertiary/aromatic N) is 4. The summed E-state index contributed by atoms with van der Waals surface area (Å²) in [5.41, 5.74) is 3.22. The van der Waals surface area contributed by atoms with Gasteiger partial charge in [0.05, 0.1) is 54.4 Å². The number of ketones is 3. The third-order valence-electron chi connectivity index (χ3n) is 14.8. The van der Waals surface area contributed by atoms with Crippen molar-refractivity contribution in [2.24, 2.45) is 11.8 Å². The first-order chi connectivity index (χ1) is 39.1. The fraction of sp³-hybridized carbons (Fsp3) is 0.531. The molecule has 6 rings (SSSR count). The molecule has 1 aromatic heterocycles. The highest BCUT2D eigenvalue weighted by Crippen LogP contribution is 2.41.